The second kappa shape index (κ2) is 9.77. The zero-order valence-electron chi connectivity index (χ0n) is 13.4. The summed E-state index contributed by atoms with van der Waals surface area (Å²) in [4.78, 5) is 23.9. The Bertz CT molecular complexity index is 327. The average Bonchev–Trinajstić information content (AvgIpc) is 2.46. The van der Waals surface area contributed by atoms with Gasteiger partial charge in [0.05, 0.1) is 0 Å². The van der Waals surface area contributed by atoms with Gasteiger partial charge in [-0.1, -0.05) is 26.2 Å². The number of aliphatic hydroxyl groups excluding tert-OH is 1. The highest BCUT2D eigenvalue weighted by molar-refractivity contribution is 5.81. The maximum Gasteiger partial charge on any atom is 0.223 e. The summed E-state index contributed by atoms with van der Waals surface area (Å²) in [5, 5.41) is 14.6. The van der Waals surface area contributed by atoms with Crippen molar-refractivity contribution in [2.24, 2.45) is 11.8 Å². The Kier molecular flexibility index (Phi) is 8.35. The van der Waals surface area contributed by atoms with Crippen LogP contribution in [0.15, 0.2) is 0 Å². The number of carbonyl (C=O) groups is 2. The van der Waals surface area contributed by atoms with E-state index in [9.17, 15) is 9.59 Å². The second-order valence-corrected chi connectivity index (χ2v) is 6.37. The summed E-state index contributed by atoms with van der Waals surface area (Å²) in [5.41, 5.74) is 0. The van der Waals surface area contributed by atoms with Crippen LogP contribution in [0.3, 0.4) is 0 Å². The Morgan fingerprint density at radius 3 is 2.48 bits per heavy atom. The van der Waals surface area contributed by atoms with E-state index in [1.807, 2.05) is 13.8 Å². The molecule has 0 spiro atoms. The molecule has 5 heteroatoms. The normalized spacial score (nSPS) is 18.8. The summed E-state index contributed by atoms with van der Waals surface area (Å²) in [5.74, 6) is 0.458. The molecule has 0 aromatic rings. The van der Waals surface area contributed by atoms with Crippen molar-refractivity contribution >= 4 is 11.8 Å². The van der Waals surface area contributed by atoms with Crippen molar-refractivity contribution in [1.29, 1.82) is 0 Å². The highest BCUT2D eigenvalue weighted by Gasteiger charge is 2.22. The first-order valence-corrected chi connectivity index (χ1v) is 8.20. The summed E-state index contributed by atoms with van der Waals surface area (Å²) in [7, 11) is 0. The average molecular weight is 298 g/mol. The lowest BCUT2D eigenvalue weighted by molar-refractivity contribution is -0.127. The Labute approximate surface area is 127 Å². The minimum absolute atomic E-state index is 0.0452. The summed E-state index contributed by atoms with van der Waals surface area (Å²) in [6.45, 7) is 4.58. The zero-order chi connectivity index (χ0) is 15.7. The van der Waals surface area contributed by atoms with Crippen LogP contribution in [-0.4, -0.2) is 36.1 Å². The van der Waals surface area contributed by atoms with Gasteiger partial charge in [-0.2, -0.15) is 0 Å². The third-order valence-corrected chi connectivity index (χ3v) is 4.13. The highest BCUT2D eigenvalue weighted by Crippen LogP contribution is 2.23. The quantitative estimate of drug-likeness (QED) is 0.637. The smallest absolute Gasteiger partial charge is 0.223 e. The number of nitrogens with one attached hydrogen (secondary N) is 2. The van der Waals surface area contributed by atoms with Gasteiger partial charge in [0.15, 0.2) is 0 Å². The monoisotopic (exact) mass is 298 g/mol. The molecule has 122 valence electrons. The van der Waals surface area contributed by atoms with Crippen LogP contribution in [0.2, 0.25) is 0 Å². The van der Waals surface area contributed by atoms with E-state index in [1.165, 1.54) is 6.42 Å². The van der Waals surface area contributed by atoms with E-state index in [0.717, 1.165) is 25.7 Å². The van der Waals surface area contributed by atoms with Crippen LogP contribution in [0.5, 0.6) is 0 Å². The molecule has 0 aliphatic heterocycles. The predicted octanol–water partition coefficient (Wildman–Crippen LogP) is 1.60. The molecule has 2 amide bonds. The lowest BCUT2D eigenvalue weighted by Crippen LogP contribution is -2.41. The van der Waals surface area contributed by atoms with Crippen molar-refractivity contribution in [3.05, 3.63) is 0 Å². The molecule has 2 unspecified atom stereocenters. The fraction of sp³-hybridized carbons (Fsp3) is 0.875. The van der Waals surface area contributed by atoms with Gasteiger partial charge in [-0.15, -0.1) is 0 Å². The maximum atomic E-state index is 12.1. The number of amides is 2. The molecule has 1 fully saturated rings. The lowest BCUT2D eigenvalue weighted by atomic mass is 9.88. The first-order valence-electron chi connectivity index (χ1n) is 8.20. The van der Waals surface area contributed by atoms with Crippen molar-refractivity contribution in [2.75, 3.05) is 13.2 Å². The first kappa shape index (κ1) is 18.0. The largest absolute Gasteiger partial charge is 0.396 e. The van der Waals surface area contributed by atoms with E-state index in [-0.39, 0.29) is 36.3 Å². The van der Waals surface area contributed by atoms with Crippen molar-refractivity contribution in [2.45, 2.75) is 64.8 Å². The molecule has 1 rings (SSSR count). The van der Waals surface area contributed by atoms with Gasteiger partial charge in [0.25, 0.3) is 0 Å². The van der Waals surface area contributed by atoms with E-state index in [2.05, 4.69) is 10.6 Å². The number of rotatable bonds is 8. The molecule has 1 aliphatic rings. The van der Waals surface area contributed by atoms with Crippen LogP contribution in [-0.2, 0) is 9.59 Å². The molecular weight excluding hydrogens is 268 g/mol. The fourth-order valence-corrected chi connectivity index (χ4v) is 2.74. The minimum atomic E-state index is -0.132. The summed E-state index contributed by atoms with van der Waals surface area (Å²) >= 11 is 0. The molecule has 21 heavy (non-hydrogen) atoms. The Hall–Kier alpha value is -1.10. The van der Waals surface area contributed by atoms with Crippen molar-refractivity contribution in [1.82, 2.24) is 10.6 Å². The third-order valence-electron chi connectivity index (χ3n) is 4.13. The first-order chi connectivity index (χ1) is 10.0. The molecule has 0 bridgehead atoms. The molecule has 0 heterocycles. The Morgan fingerprint density at radius 1 is 1.19 bits per heavy atom. The van der Waals surface area contributed by atoms with E-state index in [4.69, 9.17) is 5.11 Å². The number of hydrogen-bond donors (Lipinski definition) is 3. The zero-order valence-corrected chi connectivity index (χ0v) is 13.4. The van der Waals surface area contributed by atoms with Gasteiger partial charge < -0.3 is 15.7 Å². The van der Waals surface area contributed by atoms with Gasteiger partial charge in [0, 0.05) is 31.5 Å². The number of hydrogen-bond acceptors (Lipinski definition) is 3. The molecule has 2 atom stereocenters. The van der Waals surface area contributed by atoms with E-state index >= 15 is 0 Å². The SMILES string of the molecule is CC(CCO)CNC(=O)CC(C)NC(=O)C1CCCCC1. The van der Waals surface area contributed by atoms with Crippen molar-refractivity contribution in [3.8, 4) is 0 Å². The molecule has 1 saturated carbocycles. The molecular formula is C16H30N2O3. The van der Waals surface area contributed by atoms with Crippen molar-refractivity contribution in [3.63, 3.8) is 0 Å². The second-order valence-electron chi connectivity index (χ2n) is 6.37. The number of carbonyl (C=O) groups excluding carboxylic acids is 2. The van der Waals surface area contributed by atoms with E-state index in [1.54, 1.807) is 0 Å². The topological polar surface area (TPSA) is 78.4 Å². The highest BCUT2D eigenvalue weighted by atomic mass is 16.3. The van der Waals surface area contributed by atoms with Gasteiger partial charge in [-0.3, -0.25) is 9.59 Å². The van der Waals surface area contributed by atoms with Crippen LogP contribution < -0.4 is 10.6 Å². The molecule has 3 N–H and O–H groups in total. The van der Waals surface area contributed by atoms with Gasteiger partial charge in [0.2, 0.25) is 11.8 Å². The van der Waals surface area contributed by atoms with Gasteiger partial charge >= 0.3 is 0 Å². The Balaban J connectivity index is 2.20. The molecule has 0 aromatic heterocycles. The van der Waals surface area contributed by atoms with Crippen LogP contribution in [0, 0.1) is 11.8 Å². The van der Waals surface area contributed by atoms with Crippen LogP contribution in [0.4, 0.5) is 0 Å². The molecule has 0 radical (unpaired) electrons. The molecule has 1 aliphatic carbocycles. The van der Waals surface area contributed by atoms with Crippen LogP contribution in [0.25, 0.3) is 0 Å². The van der Waals surface area contributed by atoms with Gasteiger partial charge in [0.1, 0.15) is 0 Å². The Morgan fingerprint density at radius 2 is 1.86 bits per heavy atom. The molecule has 0 aromatic carbocycles. The molecule has 0 saturated heterocycles. The van der Waals surface area contributed by atoms with Crippen LogP contribution in [0.1, 0.15) is 58.8 Å². The number of aliphatic hydroxyl groups is 1. The van der Waals surface area contributed by atoms with Crippen LogP contribution >= 0.6 is 0 Å². The summed E-state index contributed by atoms with van der Waals surface area (Å²) in [6, 6.07) is -0.132. The summed E-state index contributed by atoms with van der Waals surface area (Å²) < 4.78 is 0. The fourth-order valence-electron chi connectivity index (χ4n) is 2.74. The van der Waals surface area contributed by atoms with E-state index < -0.39 is 0 Å². The minimum Gasteiger partial charge on any atom is -0.396 e. The van der Waals surface area contributed by atoms with Gasteiger partial charge in [-0.05, 0) is 32.1 Å². The third kappa shape index (κ3) is 7.46. The van der Waals surface area contributed by atoms with Crippen molar-refractivity contribution < 1.29 is 14.7 Å². The predicted molar refractivity (Wildman–Crippen MR) is 82.7 cm³/mol. The summed E-state index contributed by atoms with van der Waals surface area (Å²) in [6.07, 6.45) is 6.45. The standard InChI is InChI=1S/C16H30N2O3/c1-12(8-9-19)11-17-15(20)10-13(2)18-16(21)14-6-4-3-5-7-14/h12-14,19H,3-11H2,1-2H3,(H,17,20)(H,18,21). The van der Waals surface area contributed by atoms with E-state index in [0.29, 0.717) is 19.4 Å². The maximum absolute atomic E-state index is 12.1. The van der Waals surface area contributed by atoms with Gasteiger partial charge in [-0.25, -0.2) is 0 Å². The molecule has 5 nitrogen and oxygen atoms in total. The lowest BCUT2D eigenvalue weighted by Gasteiger charge is -2.23.